The van der Waals surface area contributed by atoms with Gasteiger partial charge in [-0.25, -0.2) is 4.98 Å². The molecule has 1 radical (unpaired) electrons. The third-order valence-electron chi connectivity index (χ3n) is 1.80. The highest BCUT2D eigenvalue weighted by molar-refractivity contribution is 6.30. The average molecular weight is 180 g/mol. The Morgan fingerprint density at radius 2 is 2.33 bits per heavy atom. The summed E-state index contributed by atoms with van der Waals surface area (Å²) in [6.07, 6.45) is 2.49. The van der Waals surface area contributed by atoms with E-state index in [1.165, 1.54) is 0 Å². The molecule has 0 aliphatic rings. The van der Waals surface area contributed by atoms with Gasteiger partial charge in [0.25, 0.3) is 0 Å². The Kier molecular flexibility index (Phi) is 1.77. The zero-order chi connectivity index (χ0) is 8.55. The van der Waals surface area contributed by atoms with E-state index in [4.69, 9.17) is 11.6 Å². The molecule has 2 aromatic rings. The summed E-state index contributed by atoms with van der Waals surface area (Å²) >= 11 is 5.73. The van der Waals surface area contributed by atoms with Gasteiger partial charge >= 0.3 is 0 Å². The highest BCUT2D eigenvalue weighted by Gasteiger charge is 1.99. The fraction of sp³-hybridized carbons (Fsp3) is 0.111. The molecule has 0 unspecified atom stereocenters. The van der Waals surface area contributed by atoms with Gasteiger partial charge in [-0.15, -0.1) is 0 Å². The number of aromatic nitrogens is 2. The van der Waals surface area contributed by atoms with Gasteiger partial charge in [-0.3, -0.25) is 0 Å². The largest absolute Gasteiger partial charge is 0.357 e. The normalized spacial score (nSPS) is 10.8. The number of nitrogens with one attached hydrogen (secondary N) is 1. The number of hydrogen-bond acceptors (Lipinski definition) is 1. The van der Waals surface area contributed by atoms with Crippen LogP contribution in [-0.4, -0.2) is 9.97 Å². The first-order valence-corrected chi connectivity index (χ1v) is 4.10. The molecule has 0 bridgehead atoms. The van der Waals surface area contributed by atoms with Crippen LogP contribution in [0.3, 0.4) is 0 Å². The van der Waals surface area contributed by atoms with E-state index >= 15 is 0 Å². The SMILES string of the molecule is [CH2]Cc1cc2cc(Cl)ncc2[nH]1. The zero-order valence-corrected chi connectivity index (χ0v) is 7.23. The Hall–Kier alpha value is -1.02. The molecule has 0 aromatic carbocycles. The summed E-state index contributed by atoms with van der Waals surface area (Å²) in [5, 5.41) is 1.62. The van der Waals surface area contributed by atoms with Crippen molar-refractivity contribution in [2.45, 2.75) is 6.42 Å². The van der Waals surface area contributed by atoms with Crippen molar-refractivity contribution in [1.82, 2.24) is 9.97 Å². The molecule has 2 nitrogen and oxygen atoms in total. The maximum atomic E-state index is 5.73. The molecule has 0 spiro atoms. The second kappa shape index (κ2) is 2.79. The van der Waals surface area contributed by atoms with Crippen molar-refractivity contribution in [3.8, 4) is 0 Å². The highest BCUT2D eigenvalue weighted by Crippen LogP contribution is 2.17. The summed E-state index contributed by atoms with van der Waals surface area (Å²) in [6, 6.07) is 3.88. The molecule has 0 saturated heterocycles. The topological polar surface area (TPSA) is 28.7 Å². The first kappa shape index (κ1) is 7.62. The minimum absolute atomic E-state index is 0.525. The minimum atomic E-state index is 0.525. The van der Waals surface area contributed by atoms with Crippen molar-refractivity contribution < 1.29 is 0 Å². The summed E-state index contributed by atoms with van der Waals surface area (Å²) in [4.78, 5) is 7.16. The quantitative estimate of drug-likeness (QED) is 0.670. The van der Waals surface area contributed by atoms with E-state index in [1.807, 2.05) is 12.1 Å². The van der Waals surface area contributed by atoms with Gasteiger partial charge in [-0.05, 0) is 25.5 Å². The van der Waals surface area contributed by atoms with Crippen LogP contribution < -0.4 is 0 Å². The lowest BCUT2D eigenvalue weighted by Crippen LogP contribution is -1.76. The number of pyridine rings is 1. The number of hydrogen-bond donors (Lipinski definition) is 1. The van der Waals surface area contributed by atoms with Crippen LogP contribution in [-0.2, 0) is 6.42 Å². The Morgan fingerprint density at radius 3 is 3.08 bits per heavy atom. The number of nitrogens with zero attached hydrogens (tertiary/aromatic N) is 1. The lowest BCUT2D eigenvalue weighted by Gasteiger charge is -1.88. The van der Waals surface area contributed by atoms with Crippen LogP contribution in [0.2, 0.25) is 5.15 Å². The summed E-state index contributed by atoms with van der Waals surface area (Å²) in [7, 11) is 0. The van der Waals surface area contributed by atoms with Crippen molar-refractivity contribution in [1.29, 1.82) is 0 Å². The van der Waals surface area contributed by atoms with Crippen molar-refractivity contribution in [2.75, 3.05) is 0 Å². The molecule has 0 amide bonds. The predicted octanol–water partition coefficient (Wildman–Crippen LogP) is 2.59. The molecule has 3 heteroatoms. The van der Waals surface area contributed by atoms with E-state index in [2.05, 4.69) is 16.9 Å². The van der Waals surface area contributed by atoms with E-state index < -0.39 is 0 Å². The number of halogens is 1. The lowest BCUT2D eigenvalue weighted by molar-refractivity contribution is 1.17. The second-order valence-corrected chi connectivity index (χ2v) is 3.03. The Bertz CT molecular complexity index is 406. The molecule has 12 heavy (non-hydrogen) atoms. The molecule has 0 atom stereocenters. The van der Waals surface area contributed by atoms with Gasteiger partial charge in [-0.2, -0.15) is 0 Å². The number of aromatic amines is 1. The van der Waals surface area contributed by atoms with Gasteiger partial charge < -0.3 is 4.98 Å². The summed E-state index contributed by atoms with van der Waals surface area (Å²) in [6.45, 7) is 3.79. The molecule has 0 fully saturated rings. The predicted molar refractivity (Wildman–Crippen MR) is 50.2 cm³/mol. The van der Waals surface area contributed by atoms with Gasteiger partial charge in [0.1, 0.15) is 5.15 Å². The van der Waals surface area contributed by atoms with Crippen LogP contribution in [0.1, 0.15) is 5.69 Å². The number of rotatable bonds is 1. The number of fused-ring (bicyclic) bond motifs is 1. The van der Waals surface area contributed by atoms with E-state index in [0.717, 1.165) is 23.0 Å². The molecular weight excluding hydrogens is 172 g/mol. The average Bonchev–Trinajstić information content (AvgIpc) is 2.46. The number of H-pyrrole nitrogens is 1. The maximum absolute atomic E-state index is 5.73. The van der Waals surface area contributed by atoms with E-state index in [9.17, 15) is 0 Å². The van der Waals surface area contributed by atoms with E-state index in [0.29, 0.717) is 5.15 Å². The van der Waals surface area contributed by atoms with Gasteiger partial charge in [0.15, 0.2) is 0 Å². The Balaban J connectivity index is 2.67. The Labute approximate surface area is 75.6 Å². The molecule has 2 heterocycles. The third-order valence-corrected chi connectivity index (χ3v) is 2.00. The molecule has 0 aliphatic carbocycles. The smallest absolute Gasteiger partial charge is 0.129 e. The van der Waals surface area contributed by atoms with Gasteiger partial charge in [-0.1, -0.05) is 11.6 Å². The monoisotopic (exact) mass is 179 g/mol. The fourth-order valence-electron chi connectivity index (χ4n) is 1.20. The Morgan fingerprint density at radius 1 is 1.50 bits per heavy atom. The van der Waals surface area contributed by atoms with Gasteiger partial charge in [0, 0.05) is 11.1 Å². The van der Waals surface area contributed by atoms with Crippen molar-refractivity contribution >= 4 is 22.5 Å². The lowest BCUT2D eigenvalue weighted by atomic mass is 10.3. The highest BCUT2D eigenvalue weighted by atomic mass is 35.5. The fourth-order valence-corrected chi connectivity index (χ4v) is 1.37. The van der Waals surface area contributed by atoms with Crippen LogP contribution in [0.4, 0.5) is 0 Å². The van der Waals surface area contributed by atoms with Crippen molar-refractivity contribution in [3.63, 3.8) is 0 Å². The molecule has 2 rings (SSSR count). The van der Waals surface area contributed by atoms with Crippen LogP contribution in [0.15, 0.2) is 18.3 Å². The summed E-state index contributed by atoms with van der Waals surface area (Å²) in [5.74, 6) is 0. The third kappa shape index (κ3) is 1.18. The van der Waals surface area contributed by atoms with Crippen LogP contribution in [0, 0.1) is 6.92 Å². The molecule has 0 saturated carbocycles. The van der Waals surface area contributed by atoms with Crippen LogP contribution >= 0.6 is 11.6 Å². The maximum Gasteiger partial charge on any atom is 0.129 e. The van der Waals surface area contributed by atoms with Crippen LogP contribution in [0.5, 0.6) is 0 Å². The first-order chi connectivity index (χ1) is 5.79. The van der Waals surface area contributed by atoms with E-state index in [-0.39, 0.29) is 0 Å². The van der Waals surface area contributed by atoms with Gasteiger partial charge in [0.2, 0.25) is 0 Å². The van der Waals surface area contributed by atoms with Crippen molar-refractivity contribution in [3.05, 3.63) is 36.1 Å². The molecular formula is C9H8ClN2. The summed E-state index contributed by atoms with van der Waals surface area (Å²) in [5.41, 5.74) is 2.12. The van der Waals surface area contributed by atoms with Gasteiger partial charge in [0.05, 0.1) is 11.7 Å². The molecule has 61 valence electrons. The first-order valence-electron chi connectivity index (χ1n) is 3.72. The van der Waals surface area contributed by atoms with E-state index in [1.54, 1.807) is 6.20 Å². The van der Waals surface area contributed by atoms with Crippen LogP contribution in [0.25, 0.3) is 10.9 Å². The van der Waals surface area contributed by atoms with Crippen molar-refractivity contribution in [2.24, 2.45) is 0 Å². The second-order valence-electron chi connectivity index (χ2n) is 2.64. The zero-order valence-electron chi connectivity index (χ0n) is 6.47. The summed E-state index contributed by atoms with van der Waals surface area (Å²) < 4.78 is 0. The molecule has 1 N–H and O–H groups in total. The molecule has 0 aliphatic heterocycles. The minimum Gasteiger partial charge on any atom is -0.357 e. The molecule has 2 aromatic heterocycles. The standard InChI is InChI=1S/C9H8ClN2/c1-2-7-3-6-4-9(10)11-5-8(6)12-7/h3-5,12H,1-2H2.